The molecule has 0 aliphatic carbocycles. The maximum Gasteiger partial charge on any atom is 0.408 e. The van der Waals surface area contributed by atoms with E-state index in [0.29, 0.717) is 23.2 Å². The molecule has 1 aliphatic rings. The van der Waals surface area contributed by atoms with Gasteiger partial charge in [0.1, 0.15) is 11.5 Å². The third-order valence-corrected chi connectivity index (χ3v) is 8.48. The number of hydrogen-bond acceptors (Lipinski definition) is 9. The predicted molar refractivity (Wildman–Crippen MR) is 172 cm³/mol. The van der Waals surface area contributed by atoms with E-state index in [1.165, 1.54) is 50.5 Å². The van der Waals surface area contributed by atoms with Gasteiger partial charge in [0.2, 0.25) is 21.8 Å². The number of methoxy groups -OCH3 is 1. The Kier molecular flexibility index (Phi) is 12.0. The number of sulfonamides is 1. The van der Waals surface area contributed by atoms with Gasteiger partial charge < -0.3 is 25.0 Å². The van der Waals surface area contributed by atoms with Crippen LogP contribution in [0.5, 0.6) is 0 Å². The molecule has 1 unspecified atom stereocenters. The van der Waals surface area contributed by atoms with Gasteiger partial charge in [-0.1, -0.05) is 24.0 Å². The molecule has 46 heavy (non-hydrogen) atoms. The van der Waals surface area contributed by atoms with Crippen LogP contribution in [0.15, 0.2) is 52.4 Å². The molecule has 2 aromatic rings. The van der Waals surface area contributed by atoms with Crippen LogP contribution in [0.1, 0.15) is 50.7 Å². The molecule has 0 saturated heterocycles. The highest BCUT2D eigenvalue weighted by Crippen LogP contribution is 2.34. The zero-order valence-corrected chi connectivity index (χ0v) is 27.6. The number of alkyl carbamates (subject to hydrolysis) is 1. The molecule has 0 radical (unpaired) electrons. The Morgan fingerprint density at radius 2 is 1.85 bits per heavy atom. The topological polar surface area (TPSA) is 164 Å². The summed E-state index contributed by atoms with van der Waals surface area (Å²) < 4.78 is 37.3. The molecule has 0 bridgehead atoms. The monoisotopic (exact) mass is 653 g/mol. The molecular formula is C32H39N5O8S. The second kappa shape index (κ2) is 15.5. The maximum atomic E-state index is 13.3. The lowest BCUT2D eigenvalue weighted by molar-refractivity contribution is -0.141. The summed E-state index contributed by atoms with van der Waals surface area (Å²) in [6.07, 6.45) is 1.36. The van der Waals surface area contributed by atoms with Gasteiger partial charge in [0.05, 0.1) is 30.8 Å². The average molecular weight is 654 g/mol. The van der Waals surface area contributed by atoms with E-state index in [1.54, 1.807) is 45.0 Å². The average Bonchev–Trinajstić information content (AvgIpc) is 3.32. The number of esters is 1. The van der Waals surface area contributed by atoms with Crippen molar-refractivity contribution in [3.8, 4) is 11.8 Å². The zero-order valence-electron chi connectivity index (χ0n) is 26.7. The first-order valence-corrected chi connectivity index (χ1v) is 15.9. The Bertz CT molecular complexity index is 1670. The molecule has 3 rings (SSSR count). The van der Waals surface area contributed by atoms with Crippen molar-refractivity contribution < 1.29 is 37.1 Å². The van der Waals surface area contributed by atoms with E-state index < -0.39 is 40.1 Å². The molecule has 0 fully saturated rings. The Labute approximate surface area is 269 Å². The fraction of sp³-hybridized carbons (Fsp3) is 0.406. The van der Waals surface area contributed by atoms with Gasteiger partial charge in [-0.15, -0.1) is 0 Å². The van der Waals surface area contributed by atoms with Gasteiger partial charge in [0.25, 0.3) is 0 Å². The lowest BCUT2D eigenvalue weighted by Gasteiger charge is -2.22. The smallest absolute Gasteiger partial charge is 0.408 e. The van der Waals surface area contributed by atoms with Crippen molar-refractivity contribution in [2.45, 2.75) is 50.0 Å². The summed E-state index contributed by atoms with van der Waals surface area (Å²) >= 11 is 0. The number of anilines is 1. The molecule has 13 nitrogen and oxygen atoms in total. The van der Waals surface area contributed by atoms with Crippen LogP contribution < -0.4 is 10.6 Å². The third-order valence-electron chi connectivity index (χ3n) is 6.68. The van der Waals surface area contributed by atoms with Crippen LogP contribution >= 0.6 is 0 Å². The summed E-state index contributed by atoms with van der Waals surface area (Å²) in [6.45, 7) is 5.17. The number of ether oxygens (including phenoxy) is 2. The number of amides is 3. The highest BCUT2D eigenvalue weighted by Gasteiger charge is 2.31. The number of carbonyl (C=O) groups excluding carboxylic acids is 4. The van der Waals surface area contributed by atoms with E-state index in [9.17, 15) is 27.6 Å². The van der Waals surface area contributed by atoms with E-state index >= 15 is 0 Å². The summed E-state index contributed by atoms with van der Waals surface area (Å²) in [5.41, 5.74) is 1.40. The van der Waals surface area contributed by atoms with Crippen molar-refractivity contribution in [2.24, 2.45) is 4.99 Å². The fourth-order valence-corrected chi connectivity index (χ4v) is 5.48. The van der Waals surface area contributed by atoms with E-state index in [4.69, 9.17) is 4.74 Å². The molecule has 1 aliphatic heterocycles. The number of fused-ring (bicyclic) bond motifs is 1. The first-order valence-electron chi connectivity index (χ1n) is 14.4. The number of aliphatic imine (C=N–C) groups is 1. The molecule has 2 aromatic carbocycles. The normalized spacial score (nSPS) is 14.2. The molecule has 1 atom stereocenters. The van der Waals surface area contributed by atoms with Crippen LogP contribution in [-0.2, 0) is 33.9 Å². The van der Waals surface area contributed by atoms with Gasteiger partial charge in [-0.2, -0.15) is 4.31 Å². The molecule has 14 heteroatoms. The number of carbonyl (C=O) groups is 4. The first-order chi connectivity index (χ1) is 21.6. The second-order valence-electron chi connectivity index (χ2n) is 11.4. The predicted octanol–water partition coefficient (Wildman–Crippen LogP) is 3.03. The highest BCUT2D eigenvalue weighted by molar-refractivity contribution is 7.89. The number of nitrogens with one attached hydrogen (secondary N) is 2. The lowest BCUT2D eigenvalue weighted by atomic mass is 9.96. The maximum absolute atomic E-state index is 13.3. The van der Waals surface area contributed by atoms with Crippen LogP contribution in [0.3, 0.4) is 0 Å². The minimum absolute atomic E-state index is 0.0334. The van der Waals surface area contributed by atoms with E-state index in [1.807, 2.05) is 0 Å². The Morgan fingerprint density at radius 3 is 2.54 bits per heavy atom. The van der Waals surface area contributed by atoms with Crippen LogP contribution in [0, 0.1) is 11.8 Å². The third kappa shape index (κ3) is 9.88. The zero-order chi connectivity index (χ0) is 34.1. The highest BCUT2D eigenvalue weighted by atomic mass is 32.2. The largest absolute Gasteiger partial charge is 0.469 e. The fourth-order valence-electron chi connectivity index (χ4n) is 4.32. The SMILES string of the molecule is COC(=O)CCCN(C)C(=O)CN(C)S(=O)(=O)c1cccc(N=CC2C(=O)Nc3cccc(C#CCNC(=O)OC(C)(C)C)c32)c1. The summed E-state index contributed by atoms with van der Waals surface area (Å²) in [5, 5.41) is 5.37. The number of benzene rings is 2. The summed E-state index contributed by atoms with van der Waals surface area (Å²) in [5.74, 6) is 3.91. The van der Waals surface area contributed by atoms with Gasteiger partial charge in [-0.05, 0) is 57.5 Å². The minimum Gasteiger partial charge on any atom is -0.469 e. The Balaban J connectivity index is 1.71. The molecule has 3 amide bonds. The molecular weight excluding hydrogens is 614 g/mol. The summed E-state index contributed by atoms with van der Waals surface area (Å²) in [7, 11) is 0.0589. The number of hydrogen-bond donors (Lipinski definition) is 2. The summed E-state index contributed by atoms with van der Waals surface area (Å²) in [4.78, 5) is 54.4. The Hall–Kier alpha value is -4.74. The quantitative estimate of drug-likeness (QED) is 0.212. The standard InChI is InChI=1S/C32H39N5O8S/c1-32(2,3)45-31(41)33-17-9-12-22-11-7-15-26-29(22)25(30(40)35-26)20-34-23-13-8-14-24(19-23)46(42,43)37(5)21-27(38)36(4)18-10-16-28(39)44-6/h7-8,11,13-15,19-20,25H,10,16-18,21H2,1-6H3,(H,33,41)(H,35,40). The van der Waals surface area contributed by atoms with Gasteiger partial charge >= 0.3 is 12.1 Å². The van der Waals surface area contributed by atoms with Crippen molar-refractivity contribution >= 4 is 51.5 Å². The van der Waals surface area contributed by atoms with Gasteiger partial charge in [0.15, 0.2) is 0 Å². The molecule has 0 aromatic heterocycles. The summed E-state index contributed by atoms with van der Waals surface area (Å²) in [6, 6.07) is 11.1. The van der Waals surface area contributed by atoms with Crippen LogP contribution in [0.2, 0.25) is 0 Å². The van der Waals surface area contributed by atoms with Gasteiger partial charge in [-0.25, -0.2) is 13.2 Å². The van der Waals surface area contributed by atoms with Crippen molar-refractivity contribution in [3.05, 3.63) is 53.6 Å². The van der Waals surface area contributed by atoms with Gasteiger partial charge in [-0.3, -0.25) is 19.4 Å². The second-order valence-corrected chi connectivity index (χ2v) is 13.5. The van der Waals surface area contributed by atoms with Crippen LogP contribution in [0.25, 0.3) is 0 Å². The Morgan fingerprint density at radius 1 is 1.13 bits per heavy atom. The van der Waals surface area contributed by atoms with Crippen molar-refractivity contribution in [3.63, 3.8) is 0 Å². The van der Waals surface area contributed by atoms with E-state index in [0.717, 1.165) is 4.31 Å². The number of nitrogens with zero attached hydrogens (tertiary/aromatic N) is 3. The van der Waals surface area contributed by atoms with E-state index in [-0.39, 0.29) is 42.0 Å². The van der Waals surface area contributed by atoms with Crippen molar-refractivity contribution in [1.82, 2.24) is 14.5 Å². The van der Waals surface area contributed by atoms with Crippen molar-refractivity contribution in [2.75, 3.05) is 46.2 Å². The molecule has 2 N–H and O–H groups in total. The minimum atomic E-state index is -4.06. The first kappa shape index (κ1) is 35.7. The van der Waals surface area contributed by atoms with Gasteiger partial charge in [0, 0.05) is 50.1 Å². The molecule has 246 valence electrons. The molecule has 1 heterocycles. The number of likely N-dealkylation sites (N-methyl/N-ethyl adjacent to an activating group) is 2. The number of rotatable bonds is 11. The molecule has 0 spiro atoms. The molecule has 0 saturated carbocycles. The van der Waals surface area contributed by atoms with Crippen LogP contribution in [-0.4, -0.2) is 94.2 Å². The van der Waals surface area contributed by atoms with Crippen LogP contribution in [0.4, 0.5) is 16.2 Å². The lowest BCUT2D eigenvalue weighted by Crippen LogP contribution is -2.39. The van der Waals surface area contributed by atoms with E-state index in [2.05, 4.69) is 32.2 Å². The van der Waals surface area contributed by atoms with Crippen molar-refractivity contribution in [1.29, 1.82) is 0 Å².